The summed E-state index contributed by atoms with van der Waals surface area (Å²) in [5.41, 5.74) is 1.92. The van der Waals surface area contributed by atoms with Crippen molar-refractivity contribution in [2.45, 2.75) is 13.5 Å². The van der Waals surface area contributed by atoms with Crippen molar-refractivity contribution in [3.8, 4) is 0 Å². The third kappa shape index (κ3) is 4.71. The molecule has 1 aromatic heterocycles. The van der Waals surface area contributed by atoms with Crippen LogP contribution in [-0.2, 0) is 20.9 Å². The highest BCUT2D eigenvalue weighted by Gasteiger charge is 2.13. The molecule has 0 bridgehead atoms. The molecule has 0 spiro atoms. The van der Waals surface area contributed by atoms with E-state index in [1.165, 1.54) is 18.3 Å². The van der Waals surface area contributed by atoms with Crippen LogP contribution in [0.15, 0.2) is 41.1 Å². The average Bonchev–Trinajstić information content (AvgIpc) is 2.97. The highest BCUT2D eigenvalue weighted by Crippen LogP contribution is 2.15. The molecule has 0 unspecified atom stereocenters. The maximum absolute atomic E-state index is 11.8. The molecule has 0 atom stereocenters. The van der Waals surface area contributed by atoms with E-state index >= 15 is 0 Å². The molecule has 3 N–H and O–H groups in total. The van der Waals surface area contributed by atoms with Crippen molar-refractivity contribution in [2.75, 3.05) is 10.6 Å². The van der Waals surface area contributed by atoms with Crippen LogP contribution in [-0.4, -0.2) is 17.7 Å². The van der Waals surface area contributed by atoms with Gasteiger partial charge in [-0.15, -0.1) is 0 Å². The number of hydrogen-bond donors (Lipinski definition) is 3. The smallest absolute Gasteiger partial charge is 0.313 e. The number of benzene rings is 1. The number of nitrogens with one attached hydrogen (secondary N) is 3. The number of anilines is 2. The number of thiophene rings is 1. The van der Waals surface area contributed by atoms with E-state index in [9.17, 15) is 14.4 Å². The van der Waals surface area contributed by atoms with Crippen LogP contribution in [0.3, 0.4) is 0 Å². The molecule has 114 valence electrons. The van der Waals surface area contributed by atoms with Crippen LogP contribution in [0, 0.1) is 0 Å². The van der Waals surface area contributed by atoms with Crippen LogP contribution >= 0.6 is 11.3 Å². The summed E-state index contributed by atoms with van der Waals surface area (Å²) in [6.45, 7) is 1.70. The maximum Gasteiger partial charge on any atom is 0.313 e. The standard InChI is InChI=1S/C15H15N3O3S/c1-10(19)17-12-3-2-4-13(7-12)18-15(21)14(20)16-8-11-5-6-22-9-11/h2-7,9H,8H2,1H3,(H,16,20)(H,17,19)(H,18,21). The number of hydrogen-bond acceptors (Lipinski definition) is 4. The van der Waals surface area contributed by atoms with Crippen molar-refractivity contribution >= 4 is 40.4 Å². The van der Waals surface area contributed by atoms with E-state index in [0.29, 0.717) is 17.9 Å². The Balaban J connectivity index is 1.90. The van der Waals surface area contributed by atoms with Crippen LogP contribution in [0.2, 0.25) is 0 Å². The van der Waals surface area contributed by atoms with Crippen LogP contribution in [0.4, 0.5) is 11.4 Å². The van der Waals surface area contributed by atoms with Gasteiger partial charge in [0, 0.05) is 24.8 Å². The first kappa shape index (κ1) is 15.7. The first-order valence-corrected chi connectivity index (χ1v) is 7.47. The zero-order chi connectivity index (χ0) is 15.9. The predicted molar refractivity (Wildman–Crippen MR) is 85.5 cm³/mol. The van der Waals surface area contributed by atoms with Crippen LogP contribution in [0.1, 0.15) is 12.5 Å². The summed E-state index contributed by atoms with van der Waals surface area (Å²) in [6, 6.07) is 8.44. The summed E-state index contributed by atoms with van der Waals surface area (Å²) < 4.78 is 0. The van der Waals surface area contributed by atoms with Gasteiger partial charge in [0.05, 0.1) is 0 Å². The van der Waals surface area contributed by atoms with E-state index in [4.69, 9.17) is 0 Å². The fraction of sp³-hybridized carbons (Fsp3) is 0.133. The Morgan fingerprint density at radius 1 is 1.05 bits per heavy atom. The van der Waals surface area contributed by atoms with E-state index in [1.54, 1.807) is 24.3 Å². The van der Waals surface area contributed by atoms with Gasteiger partial charge in [-0.1, -0.05) is 6.07 Å². The van der Waals surface area contributed by atoms with Crippen molar-refractivity contribution < 1.29 is 14.4 Å². The zero-order valence-electron chi connectivity index (χ0n) is 11.9. The minimum atomic E-state index is -0.754. The van der Waals surface area contributed by atoms with Gasteiger partial charge in [0.2, 0.25) is 5.91 Å². The molecule has 0 saturated carbocycles. The second-order valence-electron chi connectivity index (χ2n) is 4.53. The lowest BCUT2D eigenvalue weighted by Crippen LogP contribution is -2.34. The van der Waals surface area contributed by atoms with Gasteiger partial charge in [0.15, 0.2) is 0 Å². The molecule has 2 aromatic rings. The highest BCUT2D eigenvalue weighted by molar-refractivity contribution is 7.07. The summed E-state index contributed by atoms with van der Waals surface area (Å²) in [4.78, 5) is 34.5. The number of carbonyl (C=O) groups excluding carboxylic acids is 3. The van der Waals surface area contributed by atoms with Gasteiger partial charge in [-0.3, -0.25) is 14.4 Å². The van der Waals surface area contributed by atoms with Gasteiger partial charge < -0.3 is 16.0 Å². The van der Waals surface area contributed by atoms with Crippen molar-refractivity contribution in [3.63, 3.8) is 0 Å². The Hall–Kier alpha value is -2.67. The molecular weight excluding hydrogens is 302 g/mol. The fourth-order valence-corrected chi connectivity index (χ4v) is 2.39. The Morgan fingerprint density at radius 3 is 2.41 bits per heavy atom. The number of rotatable bonds is 4. The largest absolute Gasteiger partial charge is 0.344 e. The molecule has 0 saturated heterocycles. The summed E-state index contributed by atoms with van der Waals surface area (Å²) in [7, 11) is 0. The minimum Gasteiger partial charge on any atom is -0.344 e. The number of amides is 3. The molecule has 6 nitrogen and oxygen atoms in total. The van der Waals surface area contributed by atoms with Crippen LogP contribution in [0.25, 0.3) is 0 Å². The Bertz CT molecular complexity index is 683. The summed E-state index contributed by atoms with van der Waals surface area (Å²) in [5.74, 6) is -1.68. The van der Waals surface area contributed by atoms with Crippen molar-refractivity contribution in [1.82, 2.24) is 5.32 Å². The lowest BCUT2D eigenvalue weighted by molar-refractivity contribution is -0.136. The molecule has 0 aliphatic rings. The normalized spacial score (nSPS) is 9.86. The molecular formula is C15H15N3O3S. The van der Waals surface area contributed by atoms with E-state index in [0.717, 1.165) is 5.56 Å². The van der Waals surface area contributed by atoms with Crippen LogP contribution < -0.4 is 16.0 Å². The first-order valence-electron chi connectivity index (χ1n) is 6.52. The third-order valence-electron chi connectivity index (χ3n) is 2.68. The summed E-state index contributed by atoms with van der Waals surface area (Å²) in [5, 5.41) is 11.4. The van der Waals surface area contributed by atoms with E-state index < -0.39 is 11.8 Å². The molecule has 2 rings (SSSR count). The van der Waals surface area contributed by atoms with Gasteiger partial charge in [-0.2, -0.15) is 11.3 Å². The van der Waals surface area contributed by atoms with Crippen molar-refractivity contribution in [1.29, 1.82) is 0 Å². The SMILES string of the molecule is CC(=O)Nc1cccc(NC(=O)C(=O)NCc2ccsc2)c1. The molecule has 3 amide bonds. The topological polar surface area (TPSA) is 87.3 Å². The van der Waals surface area contributed by atoms with Gasteiger partial charge in [0.1, 0.15) is 0 Å². The molecule has 22 heavy (non-hydrogen) atoms. The highest BCUT2D eigenvalue weighted by atomic mass is 32.1. The van der Waals surface area contributed by atoms with Gasteiger partial charge in [0.25, 0.3) is 0 Å². The van der Waals surface area contributed by atoms with Crippen LogP contribution in [0.5, 0.6) is 0 Å². The molecule has 0 aliphatic carbocycles. The lowest BCUT2D eigenvalue weighted by Gasteiger charge is -2.08. The van der Waals surface area contributed by atoms with Crippen molar-refractivity contribution in [2.24, 2.45) is 0 Å². The Labute approximate surface area is 131 Å². The Morgan fingerprint density at radius 2 is 1.77 bits per heavy atom. The Kier molecular flexibility index (Phi) is 5.26. The third-order valence-corrected chi connectivity index (χ3v) is 3.41. The fourth-order valence-electron chi connectivity index (χ4n) is 1.72. The maximum atomic E-state index is 11.8. The quantitative estimate of drug-likeness (QED) is 0.753. The van der Waals surface area contributed by atoms with Crippen molar-refractivity contribution in [3.05, 3.63) is 46.7 Å². The second-order valence-corrected chi connectivity index (χ2v) is 5.31. The second kappa shape index (κ2) is 7.37. The molecule has 1 heterocycles. The monoisotopic (exact) mass is 317 g/mol. The van der Waals surface area contributed by atoms with Gasteiger partial charge >= 0.3 is 11.8 Å². The van der Waals surface area contributed by atoms with Gasteiger partial charge in [-0.25, -0.2) is 0 Å². The molecule has 7 heteroatoms. The molecule has 1 aromatic carbocycles. The number of carbonyl (C=O) groups is 3. The first-order chi connectivity index (χ1) is 10.5. The van der Waals surface area contributed by atoms with E-state index in [1.807, 2.05) is 16.8 Å². The average molecular weight is 317 g/mol. The van der Waals surface area contributed by atoms with Gasteiger partial charge in [-0.05, 0) is 40.6 Å². The molecule has 0 radical (unpaired) electrons. The van der Waals surface area contributed by atoms with E-state index in [2.05, 4.69) is 16.0 Å². The minimum absolute atomic E-state index is 0.211. The molecule has 0 aliphatic heterocycles. The van der Waals surface area contributed by atoms with E-state index in [-0.39, 0.29) is 5.91 Å². The zero-order valence-corrected chi connectivity index (χ0v) is 12.7. The summed E-state index contributed by atoms with van der Waals surface area (Å²) in [6.07, 6.45) is 0. The predicted octanol–water partition coefficient (Wildman–Crippen LogP) is 1.96. The summed E-state index contributed by atoms with van der Waals surface area (Å²) >= 11 is 1.52. The molecule has 0 fully saturated rings. The lowest BCUT2D eigenvalue weighted by atomic mass is 10.2.